The first-order valence-corrected chi connectivity index (χ1v) is 8.88. The van der Waals surface area contributed by atoms with Crippen molar-refractivity contribution in [1.82, 2.24) is 0 Å². The Morgan fingerprint density at radius 2 is 1.14 bits per heavy atom. The summed E-state index contributed by atoms with van der Waals surface area (Å²) in [5, 5.41) is 22.0. The van der Waals surface area contributed by atoms with Gasteiger partial charge in [-0.25, -0.2) is 0 Å². The molecule has 0 aliphatic carbocycles. The number of phenolic OH excluding ortho intramolecular Hbond substituents is 2. The van der Waals surface area contributed by atoms with Crippen molar-refractivity contribution < 1.29 is 10.2 Å². The molecule has 4 rings (SSSR count). The molecular weight excluding hydrogens is 348 g/mol. The second-order valence-electron chi connectivity index (χ2n) is 6.29. The molecule has 0 saturated heterocycles. The molecule has 2 N–H and O–H groups in total. The molecular formula is C24H18N2O2. The molecule has 4 aromatic rings. The maximum atomic E-state index is 10.0. The van der Waals surface area contributed by atoms with Gasteiger partial charge in [-0.05, 0) is 35.7 Å². The predicted molar refractivity (Wildman–Crippen MR) is 115 cm³/mol. The third-order valence-electron chi connectivity index (χ3n) is 4.43. The van der Waals surface area contributed by atoms with Gasteiger partial charge in [0.05, 0.1) is 11.4 Å². The van der Waals surface area contributed by atoms with E-state index in [0.717, 1.165) is 10.8 Å². The third kappa shape index (κ3) is 3.62. The van der Waals surface area contributed by atoms with Gasteiger partial charge in [-0.1, -0.05) is 54.6 Å². The smallest absolute Gasteiger partial charge is 0.124 e. The van der Waals surface area contributed by atoms with Crippen LogP contribution in [0.4, 0.5) is 11.4 Å². The molecule has 28 heavy (non-hydrogen) atoms. The van der Waals surface area contributed by atoms with Gasteiger partial charge in [-0.15, -0.1) is 0 Å². The van der Waals surface area contributed by atoms with E-state index >= 15 is 0 Å². The van der Waals surface area contributed by atoms with E-state index in [1.807, 2.05) is 48.5 Å². The number of aromatic hydroxyl groups is 2. The van der Waals surface area contributed by atoms with E-state index in [1.54, 1.807) is 48.8 Å². The predicted octanol–water partition coefficient (Wildman–Crippen LogP) is 5.75. The number of para-hydroxylation sites is 2. The lowest BCUT2D eigenvalue weighted by atomic mass is 10.1. The molecule has 0 aromatic heterocycles. The highest BCUT2D eigenvalue weighted by Crippen LogP contribution is 2.36. The van der Waals surface area contributed by atoms with Crippen molar-refractivity contribution in [2.45, 2.75) is 0 Å². The maximum Gasteiger partial charge on any atom is 0.124 e. The number of aliphatic imine (C=N–C) groups is 2. The Hall–Kier alpha value is -3.92. The molecule has 0 heterocycles. The minimum atomic E-state index is 0.172. The van der Waals surface area contributed by atoms with Gasteiger partial charge in [0.2, 0.25) is 0 Å². The van der Waals surface area contributed by atoms with Gasteiger partial charge in [0, 0.05) is 28.9 Å². The van der Waals surface area contributed by atoms with Crippen molar-refractivity contribution in [3.63, 3.8) is 0 Å². The summed E-state index contributed by atoms with van der Waals surface area (Å²) in [5.74, 6) is 0.344. The zero-order chi connectivity index (χ0) is 19.3. The summed E-state index contributed by atoms with van der Waals surface area (Å²) in [6, 6.07) is 25.9. The van der Waals surface area contributed by atoms with E-state index in [2.05, 4.69) is 9.98 Å². The second kappa shape index (κ2) is 7.76. The minimum absolute atomic E-state index is 0.172. The van der Waals surface area contributed by atoms with Crippen molar-refractivity contribution in [3.8, 4) is 11.5 Å². The van der Waals surface area contributed by atoms with Crippen LogP contribution in [0.2, 0.25) is 0 Å². The highest BCUT2D eigenvalue weighted by Gasteiger charge is 2.06. The fourth-order valence-electron chi connectivity index (χ4n) is 2.95. The molecule has 0 fully saturated rings. The number of phenols is 2. The van der Waals surface area contributed by atoms with Crippen LogP contribution in [0, 0.1) is 0 Å². The van der Waals surface area contributed by atoms with Crippen LogP contribution in [-0.4, -0.2) is 22.6 Å². The Labute approximate surface area is 162 Å². The molecule has 4 aromatic carbocycles. The molecule has 0 radical (unpaired) electrons. The van der Waals surface area contributed by atoms with Crippen LogP contribution in [0.25, 0.3) is 10.8 Å². The first-order chi connectivity index (χ1) is 13.7. The molecule has 0 bridgehead atoms. The maximum absolute atomic E-state index is 10.0. The van der Waals surface area contributed by atoms with E-state index in [1.165, 1.54) is 0 Å². The summed E-state index contributed by atoms with van der Waals surface area (Å²) in [4.78, 5) is 9.20. The highest BCUT2D eigenvalue weighted by atomic mass is 16.3. The zero-order valence-electron chi connectivity index (χ0n) is 15.0. The second-order valence-corrected chi connectivity index (χ2v) is 6.29. The Morgan fingerprint density at radius 1 is 0.571 bits per heavy atom. The fraction of sp³-hybridized carbons (Fsp3) is 0. The molecule has 0 spiro atoms. The van der Waals surface area contributed by atoms with E-state index in [0.29, 0.717) is 22.5 Å². The monoisotopic (exact) mass is 366 g/mol. The number of hydrogen-bond donors (Lipinski definition) is 2. The minimum Gasteiger partial charge on any atom is -0.507 e. The van der Waals surface area contributed by atoms with Gasteiger partial charge in [0.15, 0.2) is 0 Å². The normalized spacial score (nSPS) is 11.6. The fourth-order valence-corrected chi connectivity index (χ4v) is 2.95. The molecule has 4 nitrogen and oxygen atoms in total. The van der Waals surface area contributed by atoms with Gasteiger partial charge in [-0.2, -0.15) is 0 Å². The quantitative estimate of drug-likeness (QED) is 0.452. The average molecular weight is 366 g/mol. The first kappa shape index (κ1) is 17.5. The number of rotatable bonds is 4. The summed E-state index contributed by atoms with van der Waals surface area (Å²) in [6.45, 7) is 0. The highest BCUT2D eigenvalue weighted by molar-refractivity contribution is 6.01. The van der Waals surface area contributed by atoms with Crippen molar-refractivity contribution in [3.05, 3.63) is 96.1 Å². The summed E-state index contributed by atoms with van der Waals surface area (Å²) in [5.41, 5.74) is 2.64. The third-order valence-corrected chi connectivity index (χ3v) is 4.43. The average Bonchev–Trinajstić information content (AvgIpc) is 2.73. The number of hydrogen-bond acceptors (Lipinski definition) is 4. The summed E-state index contributed by atoms with van der Waals surface area (Å²) < 4.78 is 0. The topological polar surface area (TPSA) is 65.2 Å². The van der Waals surface area contributed by atoms with Crippen LogP contribution < -0.4 is 0 Å². The molecule has 0 saturated carbocycles. The Kier molecular flexibility index (Phi) is 4.85. The Morgan fingerprint density at radius 3 is 1.82 bits per heavy atom. The lowest BCUT2D eigenvalue weighted by Gasteiger charge is -2.06. The first-order valence-electron chi connectivity index (χ1n) is 8.88. The molecule has 4 heteroatoms. The number of fused-ring (bicyclic) bond motifs is 1. The molecule has 136 valence electrons. The lowest BCUT2D eigenvalue weighted by Crippen LogP contribution is -1.84. The van der Waals surface area contributed by atoms with E-state index in [9.17, 15) is 10.2 Å². The van der Waals surface area contributed by atoms with Crippen LogP contribution in [0.3, 0.4) is 0 Å². The molecule has 0 atom stereocenters. The lowest BCUT2D eigenvalue weighted by molar-refractivity contribution is 0.474. The van der Waals surface area contributed by atoms with E-state index in [-0.39, 0.29) is 11.5 Å². The molecule has 0 unspecified atom stereocenters. The summed E-state index contributed by atoms with van der Waals surface area (Å²) in [6.07, 6.45) is 3.26. The van der Waals surface area contributed by atoms with Crippen LogP contribution in [0.1, 0.15) is 11.1 Å². The summed E-state index contributed by atoms with van der Waals surface area (Å²) in [7, 11) is 0. The van der Waals surface area contributed by atoms with Crippen LogP contribution in [0.5, 0.6) is 11.5 Å². The number of nitrogens with zero attached hydrogens (tertiary/aromatic N) is 2. The van der Waals surface area contributed by atoms with E-state index in [4.69, 9.17) is 0 Å². The zero-order valence-corrected chi connectivity index (χ0v) is 15.0. The van der Waals surface area contributed by atoms with Gasteiger partial charge < -0.3 is 10.2 Å². The van der Waals surface area contributed by atoms with Crippen molar-refractivity contribution in [2.75, 3.05) is 0 Å². The van der Waals surface area contributed by atoms with Crippen molar-refractivity contribution in [1.29, 1.82) is 0 Å². The van der Waals surface area contributed by atoms with Gasteiger partial charge in [0.1, 0.15) is 11.5 Å². The standard InChI is InChI=1S/C24H18N2O2/c27-22-11-5-2-8-18(22)15-25-21-14-13-17-7-1-4-10-20(17)24(21)26-16-19-9-3-6-12-23(19)28/h1-16,27-28H. The Balaban J connectivity index is 1.82. The summed E-state index contributed by atoms with van der Waals surface area (Å²) >= 11 is 0. The van der Waals surface area contributed by atoms with Crippen molar-refractivity contribution in [2.24, 2.45) is 9.98 Å². The molecule has 0 amide bonds. The van der Waals surface area contributed by atoms with Gasteiger partial charge in [0.25, 0.3) is 0 Å². The van der Waals surface area contributed by atoms with Crippen LogP contribution in [0.15, 0.2) is 94.9 Å². The van der Waals surface area contributed by atoms with Crippen molar-refractivity contribution >= 4 is 34.6 Å². The molecule has 0 aliphatic heterocycles. The van der Waals surface area contributed by atoms with Crippen LogP contribution in [-0.2, 0) is 0 Å². The van der Waals surface area contributed by atoms with Gasteiger partial charge >= 0.3 is 0 Å². The van der Waals surface area contributed by atoms with Gasteiger partial charge in [-0.3, -0.25) is 9.98 Å². The van der Waals surface area contributed by atoms with Crippen LogP contribution >= 0.6 is 0 Å². The Bertz CT molecular complexity index is 1200. The van der Waals surface area contributed by atoms with E-state index < -0.39 is 0 Å². The number of benzene rings is 4. The molecule has 0 aliphatic rings. The SMILES string of the molecule is Oc1ccccc1C=Nc1ccc2ccccc2c1N=Cc1ccccc1O. The largest absolute Gasteiger partial charge is 0.507 e.